The second kappa shape index (κ2) is 6.73. The molecule has 1 unspecified atom stereocenters. The lowest BCUT2D eigenvalue weighted by molar-refractivity contribution is 0.475. The van der Waals surface area contributed by atoms with Gasteiger partial charge in [-0.1, -0.05) is 29.8 Å². The number of phenolic OH excluding ortho intramolecular Hbond substituents is 1. The minimum atomic E-state index is -0.215. The van der Waals surface area contributed by atoms with Gasteiger partial charge in [-0.25, -0.2) is 4.39 Å². The molecule has 0 fully saturated rings. The van der Waals surface area contributed by atoms with E-state index >= 15 is 0 Å². The van der Waals surface area contributed by atoms with E-state index < -0.39 is 0 Å². The molecule has 0 heterocycles. The van der Waals surface area contributed by atoms with Crippen molar-refractivity contribution in [2.45, 2.75) is 25.9 Å². The number of halogens is 2. The highest BCUT2D eigenvalue weighted by molar-refractivity contribution is 6.32. The van der Waals surface area contributed by atoms with Gasteiger partial charge >= 0.3 is 0 Å². The lowest BCUT2D eigenvalue weighted by Gasteiger charge is -2.14. The molecule has 0 radical (unpaired) electrons. The smallest absolute Gasteiger partial charge is 0.134 e. The zero-order chi connectivity index (χ0) is 14.5. The van der Waals surface area contributed by atoms with Crippen LogP contribution in [0, 0.1) is 5.82 Å². The molecule has 0 aliphatic carbocycles. The second-order valence-electron chi connectivity index (χ2n) is 4.90. The van der Waals surface area contributed by atoms with Crippen molar-refractivity contribution in [2.24, 2.45) is 0 Å². The van der Waals surface area contributed by atoms with Crippen molar-refractivity contribution in [3.63, 3.8) is 0 Å². The van der Waals surface area contributed by atoms with E-state index in [1.165, 1.54) is 12.1 Å². The molecule has 0 bridgehead atoms. The normalized spacial score (nSPS) is 12.3. The molecule has 20 heavy (non-hydrogen) atoms. The molecule has 106 valence electrons. The van der Waals surface area contributed by atoms with Gasteiger partial charge < -0.3 is 10.4 Å². The SMILES string of the molecule is CC(Cc1ccc(F)cc1)NCc1ccc(O)c(Cl)c1. The highest BCUT2D eigenvalue weighted by Gasteiger charge is 2.05. The van der Waals surface area contributed by atoms with Gasteiger partial charge in [-0.15, -0.1) is 0 Å². The lowest BCUT2D eigenvalue weighted by Crippen LogP contribution is -2.27. The molecule has 2 rings (SSSR count). The molecule has 0 aliphatic rings. The summed E-state index contributed by atoms with van der Waals surface area (Å²) >= 11 is 5.86. The maximum Gasteiger partial charge on any atom is 0.134 e. The average molecular weight is 294 g/mol. The Balaban J connectivity index is 1.86. The average Bonchev–Trinajstić information content (AvgIpc) is 2.43. The van der Waals surface area contributed by atoms with Crippen LogP contribution in [0.15, 0.2) is 42.5 Å². The van der Waals surface area contributed by atoms with Crippen LogP contribution in [-0.2, 0) is 13.0 Å². The Hall–Kier alpha value is -1.58. The summed E-state index contributed by atoms with van der Waals surface area (Å²) in [5.41, 5.74) is 2.11. The van der Waals surface area contributed by atoms with Crippen molar-refractivity contribution in [1.82, 2.24) is 5.32 Å². The molecule has 4 heteroatoms. The van der Waals surface area contributed by atoms with Crippen LogP contribution in [0.3, 0.4) is 0 Å². The molecular formula is C16H17ClFNO. The van der Waals surface area contributed by atoms with Crippen LogP contribution in [0.2, 0.25) is 5.02 Å². The third-order valence-corrected chi connectivity index (χ3v) is 3.42. The summed E-state index contributed by atoms with van der Waals surface area (Å²) in [6.07, 6.45) is 0.825. The summed E-state index contributed by atoms with van der Waals surface area (Å²) < 4.78 is 12.8. The highest BCUT2D eigenvalue weighted by atomic mass is 35.5. The minimum absolute atomic E-state index is 0.0924. The van der Waals surface area contributed by atoms with Crippen molar-refractivity contribution in [3.05, 3.63) is 64.4 Å². The predicted molar refractivity (Wildman–Crippen MR) is 79.5 cm³/mol. The molecule has 1 atom stereocenters. The molecule has 0 saturated heterocycles. The van der Waals surface area contributed by atoms with E-state index in [9.17, 15) is 9.50 Å². The summed E-state index contributed by atoms with van der Waals surface area (Å²) in [4.78, 5) is 0. The number of benzene rings is 2. The van der Waals surface area contributed by atoms with Gasteiger partial charge in [0.2, 0.25) is 0 Å². The van der Waals surface area contributed by atoms with Crippen LogP contribution < -0.4 is 5.32 Å². The molecule has 0 spiro atoms. The van der Waals surface area contributed by atoms with Gasteiger partial charge in [-0.3, -0.25) is 0 Å². The fraction of sp³-hybridized carbons (Fsp3) is 0.250. The van der Waals surface area contributed by atoms with E-state index in [2.05, 4.69) is 12.2 Å². The van der Waals surface area contributed by atoms with Gasteiger partial charge in [0.1, 0.15) is 11.6 Å². The van der Waals surface area contributed by atoms with Crippen molar-refractivity contribution < 1.29 is 9.50 Å². The van der Waals surface area contributed by atoms with Gasteiger partial charge in [-0.2, -0.15) is 0 Å². The number of nitrogens with one attached hydrogen (secondary N) is 1. The minimum Gasteiger partial charge on any atom is -0.506 e. The zero-order valence-electron chi connectivity index (χ0n) is 11.2. The van der Waals surface area contributed by atoms with Crippen molar-refractivity contribution in [3.8, 4) is 5.75 Å². The first-order chi connectivity index (χ1) is 9.54. The first kappa shape index (κ1) is 14.8. The lowest BCUT2D eigenvalue weighted by atomic mass is 10.1. The second-order valence-corrected chi connectivity index (χ2v) is 5.31. The molecule has 2 N–H and O–H groups in total. The number of hydrogen-bond donors (Lipinski definition) is 2. The monoisotopic (exact) mass is 293 g/mol. The number of hydrogen-bond acceptors (Lipinski definition) is 2. The van der Waals surface area contributed by atoms with Crippen LogP contribution in [0.25, 0.3) is 0 Å². The first-order valence-corrected chi connectivity index (χ1v) is 6.87. The Morgan fingerprint density at radius 2 is 1.80 bits per heavy atom. The number of rotatable bonds is 5. The molecule has 0 aromatic heterocycles. The van der Waals surface area contributed by atoms with Crippen LogP contribution in [-0.4, -0.2) is 11.1 Å². The largest absolute Gasteiger partial charge is 0.506 e. The van der Waals surface area contributed by atoms with Crippen LogP contribution in [0.4, 0.5) is 4.39 Å². The fourth-order valence-corrected chi connectivity index (χ4v) is 2.20. The highest BCUT2D eigenvalue weighted by Crippen LogP contribution is 2.23. The summed E-state index contributed by atoms with van der Waals surface area (Å²) in [5, 5.41) is 13.1. The molecule has 2 nitrogen and oxygen atoms in total. The summed E-state index contributed by atoms with van der Waals surface area (Å²) in [5.74, 6) is -0.122. The molecule has 2 aromatic rings. The van der Waals surface area contributed by atoms with E-state index in [1.807, 2.05) is 6.07 Å². The Bertz CT molecular complexity index is 571. The van der Waals surface area contributed by atoms with Gasteiger partial charge in [0.25, 0.3) is 0 Å². The third kappa shape index (κ3) is 4.22. The zero-order valence-corrected chi connectivity index (χ0v) is 12.0. The van der Waals surface area contributed by atoms with Gasteiger partial charge in [0.05, 0.1) is 5.02 Å². The van der Waals surface area contributed by atoms with E-state index in [-0.39, 0.29) is 17.6 Å². The number of phenols is 1. The van der Waals surface area contributed by atoms with Crippen molar-refractivity contribution in [1.29, 1.82) is 0 Å². The van der Waals surface area contributed by atoms with Crippen molar-refractivity contribution >= 4 is 11.6 Å². The van der Waals surface area contributed by atoms with E-state index in [1.54, 1.807) is 24.3 Å². The molecular weight excluding hydrogens is 277 g/mol. The Labute approximate surface area is 123 Å². The van der Waals surface area contributed by atoms with Crippen LogP contribution in [0.5, 0.6) is 5.75 Å². The fourth-order valence-electron chi connectivity index (χ4n) is 2.00. The van der Waals surface area contributed by atoms with Gasteiger partial charge in [0.15, 0.2) is 0 Å². The van der Waals surface area contributed by atoms with Crippen LogP contribution in [0.1, 0.15) is 18.1 Å². The summed E-state index contributed by atoms with van der Waals surface area (Å²) in [6.45, 7) is 2.74. The molecule has 0 amide bonds. The van der Waals surface area contributed by atoms with Crippen LogP contribution >= 0.6 is 11.6 Å². The topological polar surface area (TPSA) is 32.3 Å². The van der Waals surface area contributed by atoms with Gasteiger partial charge in [0, 0.05) is 12.6 Å². The number of aromatic hydroxyl groups is 1. The summed E-state index contributed by atoms with van der Waals surface area (Å²) in [7, 11) is 0. The van der Waals surface area contributed by atoms with E-state index in [0.29, 0.717) is 11.6 Å². The predicted octanol–water partition coefficient (Wildman–Crippen LogP) is 3.91. The first-order valence-electron chi connectivity index (χ1n) is 6.50. The third-order valence-electron chi connectivity index (χ3n) is 3.12. The maximum absolute atomic E-state index is 12.8. The Kier molecular flexibility index (Phi) is 4.99. The molecule has 0 aliphatic heterocycles. The Morgan fingerprint density at radius 1 is 1.15 bits per heavy atom. The van der Waals surface area contributed by atoms with E-state index in [0.717, 1.165) is 17.5 Å². The Morgan fingerprint density at radius 3 is 2.45 bits per heavy atom. The van der Waals surface area contributed by atoms with Crippen molar-refractivity contribution in [2.75, 3.05) is 0 Å². The quantitative estimate of drug-likeness (QED) is 0.876. The molecule has 2 aromatic carbocycles. The standard InChI is InChI=1S/C16H17ClFNO/c1-11(8-12-2-5-14(18)6-3-12)19-10-13-4-7-16(20)15(17)9-13/h2-7,9,11,19-20H,8,10H2,1H3. The van der Waals surface area contributed by atoms with E-state index in [4.69, 9.17) is 11.6 Å². The maximum atomic E-state index is 12.8. The van der Waals surface area contributed by atoms with Gasteiger partial charge in [-0.05, 0) is 48.7 Å². The summed E-state index contributed by atoms with van der Waals surface area (Å²) in [6, 6.07) is 12.0. The molecule has 0 saturated carbocycles.